The Morgan fingerprint density at radius 1 is 0.196 bits per heavy atom. The number of hydrogen-bond donors (Lipinski definition) is 0. The summed E-state index contributed by atoms with van der Waals surface area (Å²) in [4.78, 5) is 0. The van der Waals surface area contributed by atoms with Crippen molar-refractivity contribution in [2.24, 2.45) is 0 Å². The van der Waals surface area contributed by atoms with Crippen molar-refractivity contribution in [3.63, 3.8) is 0 Å². The lowest BCUT2D eigenvalue weighted by Gasteiger charge is -2.12. The van der Waals surface area contributed by atoms with Crippen LogP contribution in [0.25, 0.3) is 99.5 Å². The number of fused-ring (bicyclic) bond motifs is 6. The number of para-hydroxylation sites is 2. The lowest BCUT2D eigenvalue weighted by atomic mass is 9.99. The smallest absolute Gasteiger partial charge is 0.0547 e. The fourth-order valence-corrected chi connectivity index (χ4v) is 8.63. The first-order valence-electron chi connectivity index (χ1n) is 19.3. The van der Waals surface area contributed by atoms with Gasteiger partial charge in [0.2, 0.25) is 0 Å². The summed E-state index contributed by atoms with van der Waals surface area (Å²) in [6.45, 7) is 0. The average molecular weight is 713 g/mol. The summed E-state index contributed by atoms with van der Waals surface area (Å²) in [5.41, 5.74) is 16.8. The molecule has 262 valence electrons. The first-order valence-corrected chi connectivity index (χ1v) is 19.3. The molecule has 0 saturated heterocycles. The molecule has 0 bridgehead atoms. The molecule has 0 aliphatic rings. The summed E-state index contributed by atoms with van der Waals surface area (Å²) >= 11 is 0. The van der Waals surface area contributed by atoms with Crippen molar-refractivity contribution in [3.05, 3.63) is 218 Å². The third kappa shape index (κ3) is 5.34. The van der Waals surface area contributed by atoms with Crippen LogP contribution in [0.1, 0.15) is 0 Å². The second-order valence-electron chi connectivity index (χ2n) is 14.6. The first kappa shape index (κ1) is 32.0. The van der Waals surface area contributed by atoms with Crippen LogP contribution < -0.4 is 0 Å². The van der Waals surface area contributed by atoms with Gasteiger partial charge in [0.05, 0.1) is 22.1 Å². The van der Waals surface area contributed by atoms with Gasteiger partial charge in [0.1, 0.15) is 0 Å². The molecular formula is C54H36N2. The highest BCUT2D eigenvalue weighted by molar-refractivity contribution is 6.13. The zero-order valence-electron chi connectivity index (χ0n) is 30.7. The number of hydrogen-bond acceptors (Lipinski definition) is 0. The van der Waals surface area contributed by atoms with Gasteiger partial charge in [0.25, 0.3) is 0 Å². The molecule has 0 N–H and O–H groups in total. The van der Waals surface area contributed by atoms with Gasteiger partial charge in [-0.25, -0.2) is 0 Å². The van der Waals surface area contributed by atoms with E-state index in [0.29, 0.717) is 0 Å². The van der Waals surface area contributed by atoms with E-state index in [1.165, 1.54) is 93.8 Å². The third-order valence-corrected chi connectivity index (χ3v) is 11.3. The van der Waals surface area contributed by atoms with Gasteiger partial charge in [-0.15, -0.1) is 0 Å². The van der Waals surface area contributed by atoms with E-state index >= 15 is 0 Å². The molecule has 2 heteroatoms. The Balaban J connectivity index is 1.09. The van der Waals surface area contributed by atoms with Crippen LogP contribution in [0.3, 0.4) is 0 Å². The van der Waals surface area contributed by atoms with Gasteiger partial charge in [-0.1, -0.05) is 152 Å². The van der Waals surface area contributed by atoms with Crippen LogP contribution >= 0.6 is 0 Å². The van der Waals surface area contributed by atoms with Crippen molar-refractivity contribution in [1.29, 1.82) is 0 Å². The SMILES string of the molecule is c1ccc(-c2cccc(-c3cccc(-n4c5ccc(-c6ccc7c(c6)c6ccccc6n7-c6ccccc6)cc5c5ccc(-c6ccccc6)cc54)c3)c2)cc1. The van der Waals surface area contributed by atoms with Crippen LogP contribution in [0, 0.1) is 0 Å². The lowest BCUT2D eigenvalue weighted by molar-refractivity contribution is 1.18. The topological polar surface area (TPSA) is 9.86 Å². The van der Waals surface area contributed by atoms with Crippen LogP contribution in [0.4, 0.5) is 0 Å². The van der Waals surface area contributed by atoms with Crippen molar-refractivity contribution < 1.29 is 0 Å². The fraction of sp³-hybridized carbons (Fsp3) is 0. The van der Waals surface area contributed by atoms with Crippen LogP contribution in [0.15, 0.2) is 218 Å². The van der Waals surface area contributed by atoms with E-state index in [1.807, 2.05) is 0 Å². The van der Waals surface area contributed by atoms with Crippen molar-refractivity contribution in [3.8, 4) is 55.9 Å². The fourth-order valence-electron chi connectivity index (χ4n) is 8.63. The zero-order valence-corrected chi connectivity index (χ0v) is 30.7. The van der Waals surface area contributed by atoms with Crippen molar-refractivity contribution in [2.75, 3.05) is 0 Å². The predicted molar refractivity (Wildman–Crippen MR) is 237 cm³/mol. The van der Waals surface area contributed by atoms with Crippen molar-refractivity contribution in [1.82, 2.24) is 9.13 Å². The molecule has 0 amide bonds. The molecule has 0 spiro atoms. The highest BCUT2D eigenvalue weighted by Gasteiger charge is 2.17. The molecule has 0 aliphatic carbocycles. The normalized spacial score (nSPS) is 11.6. The third-order valence-electron chi connectivity index (χ3n) is 11.3. The van der Waals surface area contributed by atoms with E-state index in [9.17, 15) is 0 Å². The van der Waals surface area contributed by atoms with E-state index in [1.54, 1.807) is 0 Å². The second-order valence-corrected chi connectivity index (χ2v) is 14.6. The molecular weight excluding hydrogens is 677 g/mol. The standard InChI is InChI=1S/C54H36N2/c1-4-14-37(15-5-1)39-18-12-19-40(32-39)41-20-13-23-46(33-41)56-53-31-28-43(35-50(53)48-29-26-44(36-54(48)56)38-16-6-2-7-17-38)42-27-30-52-49(34-42)47-24-10-11-25-51(47)55(52)45-21-8-3-9-22-45/h1-36H. The largest absolute Gasteiger partial charge is 0.309 e. The van der Waals surface area contributed by atoms with E-state index in [-0.39, 0.29) is 0 Å². The quantitative estimate of drug-likeness (QED) is 0.162. The Kier molecular flexibility index (Phi) is 7.53. The molecule has 0 unspecified atom stereocenters. The maximum absolute atomic E-state index is 2.45. The molecule has 9 aromatic carbocycles. The molecule has 11 aromatic rings. The second kappa shape index (κ2) is 13.2. The number of nitrogens with zero attached hydrogens (tertiary/aromatic N) is 2. The van der Waals surface area contributed by atoms with Gasteiger partial charge < -0.3 is 9.13 Å². The number of rotatable bonds is 6. The highest BCUT2D eigenvalue weighted by atomic mass is 15.0. The molecule has 0 fully saturated rings. The molecule has 0 aliphatic heterocycles. The Morgan fingerprint density at radius 2 is 0.607 bits per heavy atom. The maximum Gasteiger partial charge on any atom is 0.0547 e. The summed E-state index contributed by atoms with van der Waals surface area (Å²) in [6.07, 6.45) is 0. The van der Waals surface area contributed by atoms with Crippen LogP contribution in [-0.4, -0.2) is 9.13 Å². The Morgan fingerprint density at radius 3 is 1.27 bits per heavy atom. The molecule has 11 rings (SSSR count). The molecule has 2 nitrogen and oxygen atoms in total. The maximum atomic E-state index is 2.45. The van der Waals surface area contributed by atoms with Crippen LogP contribution in [0.2, 0.25) is 0 Å². The Labute approximate surface area is 325 Å². The van der Waals surface area contributed by atoms with Gasteiger partial charge >= 0.3 is 0 Å². The van der Waals surface area contributed by atoms with Crippen LogP contribution in [-0.2, 0) is 0 Å². The van der Waals surface area contributed by atoms with Gasteiger partial charge in [0, 0.05) is 32.9 Å². The summed E-state index contributed by atoms with van der Waals surface area (Å²) in [5.74, 6) is 0. The van der Waals surface area contributed by atoms with Gasteiger partial charge in [-0.2, -0.15) is 0 Å². The summed E-state index contributed by atoms with van der Waals surface area (Å²) in [7, 11) is 0. The number of benzene rings is 9. The zero-order chi connectivity index (χ0) is 37.0. The Bertz CT molecular complexity index is 3220. The van der Waals surface area contributed by atoms with Gasteiger partial charge in [-0.3, -0.25) is 0 Å². The minimum absolute atomic E-state index is 1.14. The van der Waals surface area contributed by atoms with Crippen molar-refractivity contribution >= 4 is 43.6 Å². The molecule has 0 saturated carbocycles. The molecule has 0 atom stereocenters. The molecule has 2 aromatic heterocycles. The van der Waals surface area contributed by atoms with E-state index < -0.39 is 0 Å². The minimum Gasteiger partial charge on any atom is -0.309 e. The van der Waals surface area contributed by atoms with E-state index in [2.05, 4.69) is 228 Å². The van der Waals surface area contributed by atoms with Gasteiger partial charge in [0.15, 0.2) is 0 Å². The Hall–Kier alpha value is -7.42. The summed E-state index contributed by atoms with van der Waals surface area (Å²) in [5, 5.41) is 4.99. The minimum atomic E-state index is 1.14. The molecule has 0 radical (unpaired) electrons. The highest BCUT2D eigenvalue weighted by Crippen LogP contribution is 2.40. The summed E-state index contributed by atoms with van der Waals surface area (Å²) < 4.78 is 4.82. The summed E-state index contributed by atoms with van der Waals surface area (Å²) in [6, 6.07) is 79.4. The van der Waals surface area contributed by atoms with E-state index in [4.69, 9.17) is 0 Å². The van der Waals surface area contributed by atoms with E-state index in [0.717, 1.165) is 5.69 Å². The first-order chi connectivity index (χ1) is 27.8. The monoisotopic (exact) mass is 712 g/mol. The lowest BCUT2D eigenvalue weighted by Crippen LogP contribution is -1.95. The molecule has 2 heterocycles. The average Bonchev–Trinajstić information content (AvgIpc) is 3.79. The van der Waals surface area contributed by atoms with Gasteiger partial charge in [-0.05, 0) is 111 Å². The van der Waals surface area contributed by atoms with Crippen molar-refractivity contribution in [2.45, 2.75) is 0 Å². The predicted octanol–water partition coefficient (Wildman–Crippen LogP) is 14.5. The number of aromatic nitrogens is 2. The molecule has 56 heavy (non-hydrogen) atoms. The van der Waals surface area contributed by atoms with Crippen LogP contribution in [0.5, 0.6) is 0 Å².